The maximum absolute atomic E-state index is 12.1. The van der Waals surface area contributed by atoms with Crippen LogP contribution in [-0.2, 0) is 0 Å². The smallest absolute Gasteiger partial charge is 0.267 e. The van der Waals surface area contributed by atoms with Crippen LogP contribution in [0.15, 0.2) is 59.7 Å². The number of azide groups is 1. The van der Waals surface area contributed by atoms with Crippen molar-refractivity contribution in [3.8, 4) is 17.0 Å². The lowest BCUT2D eigenvalue weighted by molar-refractivity contribution is 0.0996. The van der Waals surface area contributed by atoms with E-state index in [0.29, 0.717) is 11.4 Å². The summed E-state index contributed by atoms with van der Waals surface area (Å²) < 4.78 is 5.29. The van der Waals surface area contributed by atoms with E-state index in [0.717, 1.165) is 27.4 Å². The number of amides is 1. The van der Waals surface area contributed by atoms with Gasteiger partial charge in [-0.2, -0.15) is 0 Å². The molecular weight excluding hydrogens is 330 g/mol. The van der Waals surface area contributed by atoms with Crippen LogP contribution in [0.2, 0.25) is 0 Å². The van der Waals surface area contributed by atoms with Crippen LogP contribution in [0.3, 0.4) is 0 Å². The number of fused-ring (bicyclic) bond motifs is 3. The van der Waals surface area contributed by atoms with Crippen molar-refractivity contribution in [1.29, 1.82) is 0 Å². The fourth-order valence-corrected chi connectivity index (χ4v) is 3.03. The first-order chi connectivity index (χ1) is 12.7. The lowest BCUT2D eigenvalue weighted by atomic mass is 10.1. The molecule has 2 aromatic heterocycles. The molecule has 2 heterocycles. The highest BCUT2D eigenvalue weighted by atomic mass is 16.5. The number of benzene rings is 2. The van der Waals surface area contributed by atoms with Crippen LogP contribution in [0.4, 0.5) is 0 Å². The minimum Gasteiger partial charge on any atom is -0.497 e. The normalized spacial score (nSPS) is 10.7. The van der Waals surface area contributed by atoms with E-state index in [4.69, 9.17) is 10.3 Å². The number of H-pyrrole nitrogens is 1. The molecule has 26 heavy (non-hydrogen) atoms. The van der Waals surface area contributed by atoms with E-state index in [1.807, 2.05) is 48.5 Å². The molecule has 0 spiro atoms. The van der Waals surface area contributed by atoms with Crippen molar-refractivity contribution in [3.05, 3.63) is 70.7 Å². The van der Waals surface area contributed by atoms with Crippen LogP contribution in [0, 0.1) is 0 Å². The van der Waals surface area contributed by atoms with Crippen molar-refractivity contribution >= 4 is 27.7 Å². The average Bonchev–Trinajstić information content (AvgIpc) is 3.06. The molecule has 0 radical (unpaired) electrons. The van der Waals surface area contributed by atoms with Gasteiger partial charge in [-0.25, -0.2) is 4.98 Å². The van der Waals surface area contributed by atoms with Gasteiger partial charge < -0.3 is 9.72 Å². The third kappa shape index (κ3) is 2.53. The first kappa shape index (κ1) is 15.7. The van der Waals surface area contributed by atoms with Crippen LogP contribution < -0.4 is 4.74 Å². The number of methoxy groups -OCH3 is 1. The van der Waals surface area contributed by atoms with Gasteiger partial charge in [-0.15, -0.1) is 0 Å². The summed E-state index contributed by atoms with van der Waals surface area (Å²) in [6.45, 7) is 0. The number of rotatable bonds is 3. The van der Waals surface area contributed by atoms with Crippen molar-refractivity contribution in [1.82, 2.24) is 9.97 Å². The number of nitrogens with one attached hydrogen (secondary N) is 1. The quantitative estimate of drug-likeness (QED) is 0.327. The summed E-state index contributed by atoms with van der Waals surface area (Å²) in [7, 11) is 1.59. The monoisotopic (exact) mass is 343 g/mol. The lowest BCUT2D eigenvalue weighted by Crippen LogP contribution is -2.00. The molecule has 1 N–H and O–H groups in total. The first-order valence-electron chi connectivity index (χ1n) is 7.86. The van der Waals surface area contributed by atoms with Crippen molar-refractivity contribution in [3.63, 3.8) is 0 Å². The molecule has 4 rings (SSSR count). The average molecular weight is 343 g/mol. The first-order valence-corrected chi connectivity index (χ1v) is 7.86. The topological polar surface area (TPSA) is 104 Å². The summed E-state index contributed by atoms with van der Waals surface area (Å²) >= 11 is 0. The fraction of sp³-hybridized carbons (Fsp3) is 0.0526. The number of aromatic amines is 1. The number of ether oxygens (including phenoxy) is 1. The van der Waals surface area contributed by atoms with Gasteiger partial charge in [0.05, 0.1) is 18.3 Å². The van der Waals surface area contributed by atoms with Crippen molar-refractivity contribution in [2.75, 3.05) is 7.11 Å². The molecule has 0 atom stereocenters. The van der Waals surface area contributed by atoms with Crippen LogP contribution in [0.1, 0.15) is 10.5 Å². The highest BCUT2D eigenvalue weighted by Gasteiger charge is 2.16. The van der Waals surface area contributed by atoms with Crippen molar-refractivity contribution < 1.29 is 9.53 Å². The summed E-state index contributed by atoms with van der Waals surface area (Å²) in [5.41, 5.74) is 11.8. The number of nitrogens with zero attached hydrogens (tertiary/aromatic N) is 4. The van der Waals surface area contributed by atoms with Crippen LogP contribution >= 0.6 is 0 Å². The summed E-state index contributed by atoms with van der Waals surface area (Å²) in [5.74, 6) is -0.0378. The lowest BCUT2D eigenvalue weighted by Gasteiger charge is -2.07. The molecule has 0 unspecified atom stereocenters. The minimum absolute atomic E-state index is 0.0953. The second kappa shape index (κ2) is 6.23. The predicted octanol–water partition coefficient (Wildman–Crippen LogP) is 4.84. The van der Waals surface area contributed by atoms with Gasteiger partial charge in [0.25, 0.3) is 5.91 Å². The molecule has 0 aliphatic heterocycles. The largest absolute Gasteiger partial charge is 0.497 e. The van der Waals surface area contributed by atoms with Gasteiger partial charge in [-0.3, -0.25) is 4.79 Å². The molecule has 0 saturated heterocycles. The summed E-state index contributed by atoms with van der Waals surface area (Å²) in [6, 6.07) is 16.8. The summed E-state index contributed by atoms with van der Waals surface area (Å²) in [5, 5.41) is 4.98. The van der Waals surface area contributed by atoms with E-state index in [1.165, 1.54) is 0 Å². The van der Waals surface area contributed by atoms with Crippen LogP contribution in [-0.4, -0.2) is 23.0 Å². The molecule has 7 nitrogen and oxygen atoms in total. The molecule has 0 bridgehead atoms. The zero-order chi connectivity index (χ0) is 18.1. The third-order valence-corrected chi connectivity index (χ3v) is 4.19. The maximum atomic E-state index is 12.1. The highest BCUT2D eigenvalue weighted by Crippen LogP contribution is 2.33. The number of hydrogen-bond acceptors (Lipinski definition) is 3. The maximum Gasteiger partial charge on any atom is 0.267 e. The number of hydrogen-bond donors (Lipinski definition) is 1. The van der Waals surface area contributed by atoms with Gasteiger partial charge in [0.15, 0.2) is 0 Å². The Labute approximate surface area is 147 Å². The Morgan fingerprint density at radius 2 is 2.00 bits per heavy atom. The van der Waals surface area contributed by atoms with E-state index >= 15 is 0 Å². The van der Waals surface area contributed by atoms with E-state index in [-0.39, 0.29) is 5.69 Å². The Bertz CT molecular complexity index is 1210. The summed E-state index contributed by atoms with van der Waals surface area (Å²) in [6.07, 6.45) is 0. The van der Waals surface area contributed by atoms with Gasteiger partial charge in [-0.05, 0) is 34.9 Å². The molecule has 0 aliphatic carbocycles. The number of aromatic nitrogens is 2. The fourth-order valence-electron chi connectivity index (χ4n) is 3.03. The standard InChI is InChI=1S/C19H13N5O2/c1-26-12-6-4-5-11(9-12)17-18-14(10-16(22-17)19(25)23-24-20)13-7-2-3-8-15(13)21-18/h2-10,21H,1H3. The van der Waals surface area contributed by atoms with E-state index < -0.39 is 5.91 Å². The Balaban J connectivity index is 2.08. The van der Waals surface area contributed by atoms with Gasteiger partial charge >= 0.3 is 0 Å². The van der Waals surface area contributed by atoms with Gasteiger partial charge in [-0.1, -0.05) is 30.3 Å². The van der Waals surface area contributed by atoms with Gasteiger partial charge in [0.1, 0.15) is 11.4 Å². The highest BCUT2D eigenvalue weighted by molar-refractivity contribution is 6.13. The Hall–Kier alpha value is -3.83. The Kier molecular flexibility index (Phi) is 3.76. The van der Waals surface area contributed by atoms with E-state index in [1.54, 1.807) is 13.2 Å². The number of para-hydroxylation sites is 1. The molecule has 0 fully saturated rings. The number of carbonyl (C=O) groups excluding carboxylic acids is 1. The third-order valence-electron chi connectivity index (χ3n) is 4.19. The molecule has 4 aromatic rings. The number of carbonyl (C=O) groups is 1. The van der Waals surface area contributed by atoms with Gasteiger partial charge in [0, 0.05) is 26.8 Å². The van der Waals surface area contributed by atoms with Crippen LogP contribution in [0.5, 0.6) is 5.75 Å². The second-order valence-corrected chi connectivity index (χ2v) is 5.68. The zero-order valence-corrected chi connectivity index (χ0v) is 13.8. The molecule has 7 heteroatoms. The Morgan fingerprint density at radius 1 is 1.15 bits per heavy atom. The molecule has 0 aliphatic rings. The van der Waals surface area contributed by atoms with E-state index in [9.17, 15) is 4.79 Å². The predicted molar refractivity (Wildman–Crippen MR) is 99.1 cm³/mol. The number of pyridine rings is 1. The SMILES string of the molecule is COc1cccc(-c2nc(C(=O)N=[N+]=[N-])cc3c2[nH]c2ccccc23)c1. The van der Waals surface area contributed by atoms with Crippen molar-refractivity contribution in [2.45, 2.75) is 0 Å². The van der Waals surface area contributed by atoms with Gasteiger partial charge in [0.2, 0.25) is 0 Å². The second-order valence-electron chi connectivity index (χ2n) is 5.68. The van der Waals surface area contributed by atoms with Crippen molar-refractivity contribution in [2.24, 2.45) is 5.11 Å². The van der Waals surface area contributed by atoms with Crippen LogP contribution in [0.25, 0.3) is 43.5 Å². The minimum atomic E-state index is -0.719. The molecule has 2 aromatic carbocycles. The molecule has 0 saturated carbocycles. The molecular formula is C19H13N5O2. The van der Waals surface area contributed by atoms with E-state index in [2.05, 4.69) is 20.0 Å². The molecule has 1 amide bonds. The zero-order valence-electron chi connectivity index (χ0n) is 13.8. The molecule has 126 valence electrons. The Morgan fingerprint density at radius 3 is 2.81 bits per heavy atom. The summed E-state index contributed by atoms with van der Waals surface area (Å²) in [4.78, 5) is 22.5.